The van der Waals surface area contributed by atoms with E-state index in [-0.39, 0.29) is 18.4 Å². The predicted octanol–water partition coefficient (Wildman–Crippen LogP) is 3.06. The van der Waals surface area contributed by atoms with Crippen LogP contribution in [0.5, 0.6) is 0 Å². The fraction of sp³-hybridized carbons (Fsp3) is 0.867. The minimum atomic E-state index is -0.810. The van der Waals surface area contributed by atoms with E-state index in [2.05, 4.69) is 13.8 Å². The van der Waals surface area contributed by atoms with E-state index in [9.17, 15) is 14.7 Å². The fourth-order valence-electron chi connectivity index (χ4n) is 3.15. The fourth-order valence-corrected chi connectivity index (χ4v) is 3.15. The normalized spacial score (nSPS) is 18.3. The van der Waals surface area contributed by atoms with E-state index in [1.165, 1.54) is 0 Å². The minimum absolute atomic E-state index is 0.0157. The van der Waals surface area contributed by atoms with Crippen molar-refractivity contribution in [2.45, 2.75) is 71.3 Å². The van der Waals surface area contributed by atoms with Crippen LogP contribution in [0.25, 0.3) is 0 Å². The monoisotopic (exact) mass is 269 g/mol. The number of amides is 1. The van der Waals surface area contributed by atoms with E-state index in [0.29, 0.717) is 12.8 Å². The van der Waals surface area contributed by atoms with Gasteiger partial charge in [0.1, 0.15) is 0 Å². The molecule has 0 aliphatic heterocycles. The first kappa shape index (κ1) is 16.0. The van der Waals surface area contributed by atoms with Gasteiger partial charge >= 0.3 is 5.97 Å². The Kier molecular flexibility index (Phi) is 5.83. The number of carboxylic acids is 1. The Morgan fingerprint density at radius 3 is 2.11 bits per heavy atom. The predicted molar refractivity (Wildman–Crippen MR) is 74.9 cm³/mol. The summed E-state index contributed by atoms with van der Waals surface area (Å²) in [5, 5.41) is 9.50. The molecule has 0 aromatic carbocycles. The topological polar surface area (TPSA) is 57.6 Å². The quantitative estimate of drug-likeness (QED) is 0.806. The second kappa shape index (κ2) is 6.92. The molecule has 0 bridgehead atoms. The van der Waals surface area contributed by atoms with Crippen LogP contribution in [0.15, 0.2) is 0 Å². The number of rotatable bonds is 6. The Balaban J connectivity index is 2.74. The SMILES string of the molecule is CCC(CC)N(C)C(=O)CC1(C(=O)O)CCCCC1. The third-order valence-corrected chi connectivity index (χ3v) is 4.64. The van der Waals surface area contributed by atoms with Crippen LogP contribution in [0, 0.1) is 5.41 Å². The molecule has 0 spiro atoms. The van der Waals surface area contributed by atoms with Gasteiger partial charge in [0.2, 0.25) is 5.91 Å². The maximum atomic E-state index is 12.3. The maximum absolute atomic E-state index is 12.3. The number of carbonyl (C=O) groups excluding carboxylic acids is 1. The molecule has 1 N–H and O–H groups in total. The van der Waals surface area contributed by atoms with Crippen LogP contribution in [-0.4, -0.2) is 35.0 Å². The van der Waals surface area contributed by atoms with Crippen molar-refractivity contribution in [3.8, 4) is 0 Å². The summed E-state index contributed by atoms with van der Waals surface area (Å²) in [5.74, 6) is -0.809. The van der Waals surface area contributed by atoms with E-state index in [1.807, 2.05) is 0 Å². The van der Waals surface area contributed by atoms with Crippen molar-refractivity contribution >= 4 is 11.9 Å². The van der Waals surface area contributed by atoms with E-state index >= 15 is 0 Å². The van der Waals surface area contributed by atoms with Crippen molar-refractivity contribution < 1.29 is 14.7 Å². The highest BCUT2D eigenvalue weighted by atomic mass is 16.4. The highest BCUT2D eigenvalue weighted by Crippen LogP contribution is 2.40. The molecule has 1 aliphatic rings. The van der Waals surface area contributed by atoms with Gasteiger partial charge in [0.25, 0.3) is 0 Å². The summed E-state index contributed by atoms with van der Waals surface area (Å²) in [7, 11) is 1.80. The summed E-state index contributed by atoms with van der Waals surface area (Å²) in [6, 6.07) is 0.224. The average Bonchev–Trinajstić information content (AvgIpc) is 2.40. The molecule has 1 saturated carbocycles. The summed E-state index contributed by atoms with van der Waals surface area (Å²) >= 11 is 0. The lowest BCUT2D eigenvalue weighted by molar-refractivity contribution is -0.156. The number of carbonyl (C=O) groups is 2. The highest BCUT2D eigenvalue weighted by Gasteiger charge is 2.42. The van der Waals surface area contributed by atoms with Crippen molar-refractivity contribution in [1.29, 1.82) is 0 Å². The van der Waals surface area contributed by atoms with Crippen LogP contribution in [0.4, 0.5) is 0 Å². The summed E-state index contributed by atoms with van der Waals surface area (Å²) in [5.41, 5.74) is -0.810. The van der Waals surface area contributed by atoms with Crippen LogP contribution in [-0.2, 0) is 9.59 Å². The standard InChI is InChI=1S/C15H27NO3/c1-4-12(5-2)16(3)13(17)11-15(14(18)19)9-7-6-8-10-15/h12H,4-11H2,1-3H3,(H,18,19). The molecule has 0 heterocycles. The third-order valence-electron chi connectivity index (χ3n) is 4.64. The summed E-state index contributed by atoms with van der Waals surface area (Å²) in [6.07, 6.45) is 6.22. The van der Waals surface area contributed by atoms with E-state index in [4.69, 9.17) is 0 Å². The van der Waals surface area contributed by atoms with Crippen LogP contribution in [0.1, 0.15) is 65.2 Å². The van der Waals surface area contributed by atoms with Crippen molar-refractivity contribution in [3.63, 3.8) is 0 Å². The van der Waals surface area contributed by atoms with Gasteiger partial charge in [-0.25, -0.2) is 0 Å². The second-order valence-electron chi connectivity index (χ2n) is 5.80. The molecule has 0 unspecified atom stereocenters. The molecule has 1 fully saturated rings. The maximum Gasteiger partial charge on any atom is 0.310 e. The number of hydrogen-bond donors (Lipinski definition) is 1. The van der Waals surface area contributed by atoms with Crippen molar-refractivity contribution in [2.24, 2.45) is 5.41 Å². The average molecular weight is 269 g/mol. The molecule has 0 aromatic rings. The first-order chi connectivity index (χ1) is 8.96. The molecule has 0 aromatic heterocycles. The lowest BCUT2D eigenvalue weighted by Gasteiger charge is -2.35. The van der Waals surface area contributed by atoms with Gasteiger partial charge in [-0.1, -0.05) is 33.1 Å². The molecule has 4 heteroatoms. The Bertz CT molecular complexity index is 317. The van der Waals surface area contributed by atoms with E-state index in [1.54, 1.807) is 11.9 Å². The zero-order valence-corrected chi connectivity index (χ0v) is 12.4. The van der Waals surface area contributed by atoms with Gasteiger partial charge in [-0.15, -0.1) is 0 Å². The lowest BCUT2D eigenvalue weighted by Crippen LogP contribution is -2.43. The van der Waals surface area contributed by atoms with E-state index in [0.717, 1.165) is 32.1 Å². The Morgan fingerprint density at radius 2 is 1.68 bits per heavy atom. The molecule has 0 radical (unpaired) electrons. The van der Waals surface area contributed by atoms with Crippen molar-refractivity contribution in [3.05, 3.63) is 0 Å². The summed E-state index contributed by atoms with van der Waals surface area (Å²) in [4.78, 5) is 25.7. The Morgan fingerprint density at radius 1 is 1.16 bits per heavy atom. The molecule has 1 aliphatic carbocycles. The Hall–Kier alpha value is -1.06. The zero-order valence-electron chi connectivity index (χ0n) is 12.4. The minimum Gasteiger partial charge on any atom is -0.481 e. The Labute approximate surface area is 116 Å². The molecule has 1 rings (SSSR count). The van der Waals surface area contributed by atoms with Crippen molar-refractivity contribution in [1.82, 2.24) is 4.90 Å². The van der Waals surface area contributed by atoms with Gasteiger partial charge in [-0.2, -0.15) is 0 Å². The third kappa shape index (κ3) is 3.71. The van der Waals surface area contributed by atoms with Crippen LogP contribution in [0.3, 0.4) is 0 Å². The largest absolute Gasteiger partial charge is 0.481 e. The lowest BCUT2D eigenvalue weighted by atomic mass is 9.71. The molecule has 4 nitrogen and oxygen atoms in total. The molecular formula is C15H27NO3. The van der Waals surface area contributed by atoms with Gasteiger partial charge in [0, 0.05) is 19.5 Å². The second-order valence-corrected chi connectivity index (χ2v) is 5.80. The summed E-state index contributed by atoms with van der Waals surface area (Å²) < 4.78 is 0. The van der Waals surface area contributed by atoms with E-state index < -0.39 is 11.4 Å². The van der Waals surface area contributed by atoms with Crippen LogP contribution >= 0.6 is 0 Å². The molecule has 110 valence electrons. The molecular weight excluding hydrogens is 242 g/mol. The van der Waals surface area contributed by atoms with Crippen LogP contribution in [0.2, 0.25) is 0 Å². The first-order valence-corrected chi connectivity index (χ1v) is 7.46. The number of carboxylic acid groups (broad SMARTS) is 1. The van der Waals surface area contributed by atoms with Gasteiger partial charge < -0.3 is 10.0 Å². The summed E-state index contributed by atoms with van der Waals surface area (Å²) in [6.45, 7) is 4.12. The number of aliphatic carboxylic acids is 1. The van der Waals surface area contributed by atoms with Crippen LogP contribution < -0.4 is 0 Å². The van der Waals surface area contributed by atoms with Gasteiger partial charge in [-0.3, -0.25) is 9.59 Å². The number of hydrogen-bond acceptors (Lipinski definition) is 2. The first-order valence-electron chi connectivity index (χ1n) is 7.46. The van der Waals surface area contributed by atoms with Crippen molar-refractivity contribution in [2.75, 3.05) is 7.05 Å². The van der Waals surface area contributed by atoms with Gasteiger partial charge in [0.15, 0.2) is 0 Å². The van der Waals surface area contributed by atoms with Gasteiger partial charge in [0.05, 0.1) is 5.41 Å². The molecule has 0 saturated heterocycles. The highest BCUT2D eigenvalue weighted by molar-refractivity contribution is 5.85. The molecule has 1 amide bonds. The van der Waals surface area contributed by atoms with Gasteiger partial charge in [-0.05, 0) is 25.7 Å². The number of nitrogens with zero attached hydrogens (tertiary/aromatic N) is 1. The smallest absolute Gasteiger partial charge is 0.310 e. The zero-order chi connectivity index (χ0) is 14.5. The molecule has 0 atom stereocenters. The molecule has 19 heavy (non-hydrogen) atoms.